The molecule has 1 unspecified atom stereocenters. The number of H-pyrrole nitrogens is 1. The smallest absolute Gasteiger partial charge is 0.208 e. The molecule has 1 rings (SSSR count). The van der Waals surface area contributed by atoms with Crippen molar-refractivity contribution in [1.82, 2.24) is 20.5 Å². The molecule has 0 fully saturated rings. The minimum Gasteiger partial charge on any atom is -0.391 e. The Morgan fingerprint density at radius 1 is 1.44 bits per heavy atom. The predicted octanol–water partition coefficient (Wildman–Crippen LogP) is 0.812. The first kappa shape index (κ1) is 13.5. The van der Waals surface area contributed by atoms with E-state index in [1.54, 1.807) is 0 Å². The van der Waals surface area contributed by atoms with E-state index in [9.17, 15) is 5.11 Å². The molecule has 0 spiro atoms. The summed E-state index contributed by atoms with van der Waals surface area (Å²) in [4.78, 5) is 4.16. The van der Waals surface area contributed by atoms with Crippen molar-refractivity contribution >= 4 is 11.8 Å². The van der Waals surface area contributed by atoms with E-state index in [4.69, 9.17) is 0 Å². The van der Waals surface area contributed by atoms with E-state index in [1.165, 1.54) is 11.8 Å². The maximum Gasteiger partial charge on any atom is 0.208 e. The number of nitrogens with one attached hydrogen (secondary N) is 2. The number of aromatic amines is 1. The van der Waals surface area contributed by atoms with Gasteiger partial charge in [-0.15, -0.1) is 5.10 Å². The third kappa shape index (κ3) is 5.48. The summed E-state index contributed by atoms with van der Waals surface area (Å²) >= 11 is 1.46. The Hall–Kier alpha value is -0.590. The van der Waals surface area contributed by atoms with Crippen LogP contribution in [0.2, 0.25) is 0 Å². The van der Waals surface area contributed by atoms with Crippen LogP contribution in [0.1, 0.15) is 19.7 Å². The molecule has 6 heteroatoms. The summed E-state index contributed by atoms with van der Waals surface area (Å²) < 4.78 is 0. The van der Waals surface area contributed by atoms with Crippen molar-refractivity contribution in [2.24, 2.45) is 5.92 Å². The maximum absolute atomic E-state index is 9.68. The lowest BCUT2D eigenvalue weighted by Gasteiger charge is -2.11. The first-order valence-corrected chi connectivity index (χ1v) is 6.47. The lowest BCUT2D eigenvalue weighted by atomic mass is 10.2. The van der Waals surface area contributed by atoms with Gasteiger partial charge in [0.15, 0.2) is 0 Å². The number of thioether (sulfide) groups is 1. The molecule has 0 aliphatic carbocycles. The van der Waals surface area contributed by atoms with Crippen LogP contribution in [-0.2, 0) is 0 Å². The van der Waals surface area contributed by atoms with E-state index in [0.29, 0.717) is 23.4 Å². The van der Waals surface area contributed by atoms with Crippen molar-refractivity contribution in [3.05, 3.63) is 5.82 Å². The summed E-state index contributed by atoms with van der Waals surface area (Å²) in [5, 5.41) is 20.4. The number of hydrogen-bond acceptors (Lipinski definition) is 5. The molecule has 0 bridgehead atoms. The van der Waals surface area contributed by atoms with Gasteiger partial charge >= 0.3 is 0 Å². The molecule has 0 aliphatic rings. The van der Waals surface area contributed by atoms with Crippen molar-refractivity contribution in [2.45, 2.75) is 32.0 Å². The number of aryl methyl sites for hydroxylation is 1. The minimum absolute atomic E-state index is 0.359. The number of aliphatic hydroxyl groups excluding tert-OH is 1. The van der Waals surface area contributed by atoms with Gasteiger partial charge in [-0.1, -0.05) is 25.6 Å². The molecule has 1 atom stereocenters. The highest BCUT2D eigenvalue weighted by Gasteiger charge is 2.07. The second-order valence-corrected chi connectivity index (χ2v) is 5.21. The Morgan fingerprint density at radius 2 is 2.19 bits per heavy atom. The molecule has 0 amide bonds. The van der Waals surface area contributed by atoms with Gasteiger partial charge in [-0.2, -0.15) is 0 Å². The highest BCUT2D eigenvalue weighted by molar-refractivity contribution is 7.99. The van der Waals surface area contributed by atoms with E-state index in [0.717, 1.165) is 12.4 Å². The number of aliphatic hydroxyl groups is 1. The van der Waals surface area contributed by atoms with Crippen molar-refractivity contribution in [2.75, 3.05) is 18.8 Å². The van der Waals surface area contributed by atoms with Gasteiger partial charge in [-0.05, 0) is 19.4 Å². The molecule has 3 N–H and O–H groups in total. The Kier molecular flexibility index (Phi) is 5.79. The molecule has 1 heterocycles. The summed E-state index contributed by atoms with van der Waals surface area (Å²) in [5.41, 5.74) is 0. The van der Waals surface area contributed by atoms with Crippen LogP contribution in [0.25, 0.3) is 0 Å². The van der Waals surface area contributed by atoms with Gasteiger partial charge in [0.2, 0.25) is 5.16 Å². The Bertz CT molecular complexity index is 303. The molecule has 0 aliphatic heterocycles. The highest BCUT2D eigenvalue weighted by atomic mass is 32.2. The zero-order chi connectivity index (χ0) is 12.0. The first-order valence-electron chi connectivity index (χ1n) is 5.48. The third-order valence-corrected chi connectivity index (χ3v) is 2.91. The Morgan fingerprint density at radius 3 is 2.75 bits per heavy atom. The monoisotopic (exact) mass is 244 g/mol. The summed E-state index contributed by atoms with van der Waals surface area (Å²) in [6, 6.07) is 0. The first-order chi connectivity index (χ1) is 7.58. The van der Waals surface area contributed by atoms with Gasteiger partial charge in [0, 0.05) is 12.3 Å². The second-order valence-electron chi connectivity index (χ2n) is 4.22. The second kappa shape index (κ2) is 6.88. The van der Waals surface area contributed by atoms with Crippen LogP contribution in [-0.4, -0.2) is 45.2 Å². The largest absolute Gasteiger partial charge is 0.391 e. The third-order valence-electron chi connectivity index (χ3n) is 1.91. The summed E-state index contributed by atoms with van der Waals surface area (Å²) in [6.45, 7) is 7.70. The molecular weight excluding hydrogens is 224 g/mol. The quantitative estimate of drug-likeness (QED) is 0.619. The normalized spacial score (nSPS) is 13.3. The average molecular weight is 244 g/mol. The lowest BCUT2D eigenvalue weighted by Crippen LogP contribution is -2.31. The SMILES string of the molecule is Cc1nc(SCC(O)CNCC(C)C)n[nH]1. The Labute approximate surface area is 100 Å². The molecule has 1 aromatic rings. The van der Waals surface area contributed by atoms with Gasteiger partial charge in [-0.3, -0.25) is 5.10 Å². The fourth-order valence-electron chi connectivity index (χ4n) is 1.16. The van der Waals surface area contributed by atoms with E-state index in [2.05, 4.69) is 34.3 Å². The van der Waals surface area contributed by atoms with Crippen LogP contribution in [0.4, 0.5) is 0 Å². The highest BCUT2D eigenvalue weighted by Crippen LogP contribution is 2.12. The summed E-state index contributed by atoms with van der Waals surface area (Å²) in [6.07, 6.45) is -0.359. The number of hydrogen-bond donors (Lipinski definition) is 3. The molecule has 0 radical (unpaired) electrons. The topological polar surface area (TPSA) is 73.8 Å². The van der Waals surface area contributed by atoms with Crippen LogP contribution >= 0.6 is 11.8 Å². The molecule has 92 valence electrons. The zero-order valence-electron chi connectivity index (χ0n) is 10.0. The average Bonchev–Trinajstić information content (AvgIpc) is 2.61. The van der Waals surface area contributed by atoms with Gasteiger partial charge < -0.3 is 10.4 Å². The molecule has 5 nitrogen and oxygen atoms in total. The van der Waals surface area contributed by atoms with Crippen molar-refractivity contribution in [3.63, 3.8) is 0 Å². The van der Waals surface area contributed by atoms with Crippen LogP contribution in [0.15, 0.2) is 5.16 Å². The van der Waals surface area contributed by atoms with E-state index < -0.39 is 0 Å². The molecular formula is C10H20N4OS. The van der Waals surface area contributed by atoms with Gasteiger partial charge in [0.25, 0.3) is 0 Å². The van der Waals surface area contributed by atoms with Crippen molar-refractivity contribution in [3.8, 4) is 0 Å². The zero-order valence-corrected chi connectivity index (χ0v) is 10.8. The van der Waals surface area contributed by atoms with E-state index in [1.807, 2.05) is 6.92 Å². The van der Waals surface area contributed by atoms with E-state index in [-0.39, 0.29) is 6.10 Å². The van der Waals surface area contributed by atoms with Gasteiger partial charge in [-0.25, -0.2) is 4.98 Å². The van der Waals surface area contributed by atoms with Crippen LogP contribution in [0.5, 0.6) is 0 Å². The molecule has 0 saturated heterocycles. The lowest BCUT2D eigenvalue weighted by molar-refractivity contribution is 0.194. The van der Waals surface area contributed by atoms with Crippen LogP contribution in [0.3, 0.4) is 0 Å². The van der Waals surface area contributed by atoms with Crippen molar-refractivity contribution < 1.29 is 5.11 Å². The minimum atomic E-state index is -0.359. The van der Waals surface area contributed by atoms with E-state index >= 15 is 0 Å². The summed E-state index contributed by atoms with van der Waals surface area (Å²) in [7, 11) is 0. The molecule has 1 aromatic heterocycles. The predicted molar refractivity (Wildman–Crippen MR) is 65.6 cm³/mol. The maximum atomic E-state index is 9.68. The van der Waals surface area contributed by atoms with Crippen molar-refractivity contribution in [1.29, 1.82) is 0 Å². The number of rotatable bonds is 7. The summed E-state index contributed by atoms with van der Waals surface area (Å²) in [5.74, 6) is 2.02. The molecule has 0 aromatic carbocycles. The fraction of sp³-hybridized carbons (Fsp3) is 0.800. The van der Waals surface area contributed by atoms with Gasteiger partial charge in [0.1, 0.15) is 5.82 Å². The van der Waals surface area contributed by atoms with Crippen LogP contribution in [0, 0.1) is 12.8 Å². The molecule has 16 heavy (non-hydrogen) atoms. The molecule has 0 saturated carbocycles. The van der Waals surface area contributed by atoms with Crippen LogP contribution < -0.4 is 5.32 Å². The fourth-order valence-corrected chi connectivity index (χ4v) is 1.93. The number of aromatic nitrogens is 3. The van der Waals surface area contributed by atoms with Gasteiger partial charge in [0.05, 0.1) is 6.10 Å². The Balaban J connectivity index is 2.12. The number of nitrogens with zero attached hydrogens (tertiary/aromatic N) is 2. The standard InChI is InChI=1S/C10H20N4OS/c1-7(2)4-11-5-9(15)6-16-10-12-8(3)13-14-10/h7,9,11,15H,4-6H2,1-3H3,(H,12,13,14).